The molecule has 0 radical (unpaired) electrons. The Hall–Kier alpha value is -2.24. The first-order valence-electron chi connectivity index (χ1n) is 11.1. The standard InChI is InChI=1S/C25H31ClN2O3/c1-17(2)30-20-8-9-21(26)19(15-20)14-18-10-12-28(13-11-18)16-24-25(29)27(3)22-6-4-5-7-23(22)31-24/h4-9,15,17-18,24H,10-14,16H2,1-3H3. The van der Waals surface area contributed by atoms with E-state index < -0.39 is 6.10 Å². The lowest BCUT2D eigenvalue weighted by Crippen LogP contribution is -2.51. The monoisotopic (exact) mass is 442 g/mol. The van der Waals surface area contributed by atoms with Gasteiger partial charge in [-0.05, 0) is 88.0 Å². The van der Waals surface area contributed by atoms with Gasteiger partial charge in [-0.15, -0.1) is 0 Å². The van der Waals surface area contributed by atoms with Gasteiger partial charge in [-0.1, -0.05) is 23.7 Å². The minimum Gasteiger partial charge on any atom is -0.491 e. The van der Waals surface area contributed by atoms with Crippen molar-refractivity contribution >= 4 is 23.2 Å². The Morgan fingerprint density at radius 3 is 2.65 bits per heavy atom. The number of carbonyl (C=O) groups excluding carboxylic acids is 1. The maximum absolute atomic E-state index is 12.8. The summed E-state index contributed by atoms with van der Waals surface area (Å²) in [5.74, 6) is 2.26. The van der Waals surface area contributed by atoms with Gasteiger partial charge in [0.15, 0.2) is 6.10 Å². The Kier molecular flexibility index (Phi) is 6.73. The lowest BCUT2D eigenvalue weighted by molar-refractivity contribution is -0.127. The van der Waals surface area contributed by atoms with Crippen LogP contribution < -0.4 is 14.4 Å². The first kappa shape index (κ1) is 22.0. The third-order valence-corrected chi connectivity index (χ3v) is 6.50. The van der Waals surface area contributed by atoms with Crippen LogP contribution in [0, 0.1) is 5.92 Å². The number of para-hydroxylation sites is 2. The zero-order valence-electron chi connectivity index (χ0n) is 18.5. The first-order valence-corrected chi connectivity index (χ1v) is 11.5. The molecule has 1 amide bonds. The van der Waals surface area contributed by atoms with Crippen molar-refractivity contribution in [2.24, 2.45) is 5.92 Å². The Morgan fingerprint density at radius 1 is 1.16 bits per heavy atom. The Balaban J connectivity index is 1.32. The van der Waals surface area contributed by atoms with Crippen LogP contribution in [-0.2, 0) is 11.2 Å². The Labute approximate surface area is 189 Å². The molecule has 0 N–H and O–H groups in total. The van der Waals surface area contributed by atoms with Crippen molar-refractivity contribution in [2.45, 2.75) is 45.3 Å². The molecule has 1 saturated heterocycles. The molecular formula is C25H31ClN2O3. The van der Waals surface area contributed by atoms with E-state index in [9.17, 15) is 4.79 Å². The molecule has 5 nitrogen and oxygen atoms in total. The van der Waals surface area contributed by atoms with Gasteiger partial charge in [-0.25, -0.2) is 0 Å². The van der Waals surface area contributed by atoms with Crippen LogP contribution in [0.4, 0.5) is 5.69 Å². The van der Waals surface area contributed by atoms with Crippen molar-refractivity contribution in [1.82, 2.24) is 4.90 Å². The molecule has 1 unspecified atom stereocenters. The minimum atomic E-state index is -0.448. The molecule has 0 spiro atoms. The molecule has 2 heterocycles. The van der Waals surface area contributed by atoms with Crippen molar-refractivity contribution in [3.8, 4) is 11.5 Å². The quantitative estimate of drug-likeness (QED) is 0.644. The van der Waals surface area contributed by atoms with Gasteiger partial charge in [0, 0.05) is 18.6 Å². The summed E-state index contributed by atoms with van der Waals surface area (Å²) in [6.45, 7) is 6.61. The number of fused-ring (bicyclic) bond motifs is 1. The maximum Gasteiger partial charge on any atom is 0.269 e. The highest BCUT2D eigenvalue weighted by Gasteiger charge is 2.34. The highest BCUT2D eigenvalue weighted by atomic mass is 35.5. The van der Waals surface area contributed by atoms with E-state index in [2.05, 4.69) is 11.0 Å². The van der Waals surface area contributed by atoms with Crippen LogP contribution in [0.3, 0.4) is 0 Å². The second kappa shape index (κ2) is 9.49. The summed E-state index contributed by atoms with van der Waals surface area (Å²) in [4.78, 5) is 16.8. The van der Waals surface area contributed by atoms with Gasteiger partial charge in [-0.3, -0.25) is 9.69 Å². The van der Waals surface area contributed by atoms with E-state index in [1.54, 1.807) is 4.90 Å². The van der Waals surface area contributed by atoms with Crippen molar-refractivity contribution < 1.29 is 14.3 Å². The van der Waals surface area contributed by atoms with Gasteiger partial charge in [-0.2, -0.15) is 0 Å². The molecule has 2 aromatic carbocycles. The number of carbonyl (C=O) groups is 1. The fraction of sp³-hybridized carbons (Fsp3) is 0.480. The van der Waals surface area contributed by atoms with Crippen molar-refractivity contribution in [3.05, 3.63) is 53.1 Å². The number of hydrogen-bond donors (Lipinski definition) is 0. The molecule has 0 bridgehead atoms. The predicted octanol–water partition coefficient (Wildman–Crippen LogP) is 4.81. The number of anilines is 1. The molecule has 31 heavy (non-hydrogen) atoms. The number of benzene rings is 2. The van der Waals surface area contributed by atoms with Gasteiger partial charge >= 0.3 is 0 Å². The highest BCUT2D eigenvalue weighted by molar-refractivity contribution is 6.31. The number of rotatable bonds is 6. The summed E-state index contributed by atoms with van der Waals surface area (Å²) < 4.78 is 11.9. The summed E-state index contributed by atoms with van der Waals surface area (Å²) >= 11 is 6.46. The smallest absolute Gasteiger partial charge is 0.269 e. The number of ether oxygens (including phenoxy) is 2. The SMILES string of the molecule is CC(C)Oc1ccc(Cl)c(CC2CCN(CC3Oc4ccccc4N(C)C3=O)CC2)c1. The lowest BCUT2D eigenvalue weighted by Gasteiger charge is -2.37. The van der Waals surface area contributed by atoms with Crippen LogP contribution >= 0.6 is 11.6 Å². The second-order valence-electron chi connectivity index (χ2n) is 8.84. The number of halogens is 1. The van der Waals surface area contributed by atoms with Crippen molar-refractivity contribution in [1.29, 1.82) is 0 Å². The molecular weight excluding hydrogens is 412 g/mol. The molecule has 0 aromatic heterocycles. The van der Waals surface area contributed by atoms with Crippen LogP contribution in [-0.4, -0.2) is 49.7 Å². The van der Waals surface area contributed by atoms with Crippen LogP contribution in [0.1, 0.15) is 32.3 Å². The van der Waals surface area contributed by atoms with E-state index in [1.807, 2.05) is 57.3 Å². The van der Waals surface area contributed by atoms with Crippen LogP contribution in [0.25, 0.3) is 0 Å². The van der Waals surface area contributed by atoms with Gasteiger partial charge in [0.1, 0.15) is 11.5 Å². The average molecular weight is 443 g/mol. The zero-order chi connectivity index (χ0) is 22.0. The summed E-state index contributed by atoms with van der Waals surface area (Å²) in [5.41, 5.74) is 1.99. The highest BCUT2D eigenvalue weighted by Crippen LogP contribution is 2.33. The normalized spacial score (nSPS) is 20.0. The van der Waals surface area contributed by atoms with Gasteiger partial charge < -0.3 is 14.4 Å². The van der Waals surface area contributed by atoms with Crippen LogP contribution in [0.2, 0.25) is 5.02 Å². The number of likely N-dealkylation sites (tertiary alicyclic amines) is 1. The van der Waals surface area contributed by atoms with Crippen LogP contribution in [0.15, 0.2) is 42.5 Å². The average Bonchev–Trinajstić information content (AvgIpc) is 2.75. The fourth-order valence-corrected chi connectivity index (χ4v) is 4.65. The van der Waals surface area contributed by atoms with E-state index in [0.29, 0.717) is 12.5 Å². The number of amides is 1. The number of likely N-dealkylation sites (N-methyl/N-ethyl adjacent to an activating group) is 1. The topological polar surface area (TPSA) is 42.0 Å². The van der Waals surface area contributed by atoms with Crippen molar-refractivity contribution in [3.63, 3.8) is 0 Å². The summed E-state index contributed by atoms with van der Waals surface area (Å²) in [7, 11) is 1.82. The van der Waals surface area contributed by atoms with E-state index >= 15 is 0 Å². The maximum atomic E-state index is 12.8. The fourth-order valence-electron chi connectivity index (χ4n) is 4.46. The van der Waals surface area contributed by atoms with E-state index in [0.717, 1.165) is 60.1 Å². The lowest BCUT2D eigenvalue weighted by atomic mass is 9.90. The zero-order valence-corrected chi connectivity index (χ0v) is 19.3. The van der Waals surface area contributed by atoms with Gasteiger partial charge in [0.05, 0.1) is 11.8 Å². The van der Waals surface area contributed by atoms with Gasteiger partial charge in [0.2, 0.25) is 0 Å². The first-order chi connectivity index (χ1) is 14.9. The summed E-state index contributed by atoms with van der Waals surface area (Å²) in [6, 6.07) is 13.7. The van der Waals surface area contributed by atoms with E-state index in [1.165, 1.54) is 0 Å². The second-order valence-corrected chi connectivity index (χ2v) is 9.25. The number of hydrogen-bond acceptors (Lipinski definition) is 4. The minimum absolute atomic E-state index is 0.0228. The molecule has 6 heteroatoms. The van der Waals surface area contributed by atoms with E-state index in [-0.39, 0.29) is 12.0 Å². The molecule has 2 aliphatic heterocycles. The third-order valence-electron chi connectivity index (χ3n) is 6.13. The predicted molar refractivity (Wildman–Crippen MR) is 124 cm³/mol. The van der Waals surface area contributed by atoms with Gasteiger partial charge in [0.25, 0.3) is 5.91 Å². The summed E-state index contributed by atoms with van der Waals surface area (Å²) in [6.07, 6.45) is 2.82. The number of piperidine rings is 1. The molecule has 0 aliphatic carbocycles. The molecule has 1 atom stereocenters. The Morgan fingerprint density at radius 2 is 1.90 bits per heavy atom. The molecule has 166 valence electrons. The molecule has 4 rings (SSSR count). The Bertz CT molecular complexity index is 925. The third kappa shape index (κ3) is 5.16. The van der Waals surface area contributed by atoms with Crippen LogP contribution in [0.5, 0.6) is 11.5 Å². The molecule has 1 fully saturated rings. The molecule has 2 aromatic rings. The largest absolute Gasteiger partial charge is 0.491 e. The number of nitrogens with zero attached hydrogens (tertiary/aromatic N) is 2. The molecule has 0 saturated carbocycles. The van der Waals surface area contributed by atoms with Crippen molar-refractivity contribution in [2.75, 3.05) is 31.6 Å². The summed E-state index contributed by atoms with van der Waals surface area (Å²) in [5, 5.41) is 0.807. The van der Waals surface area contributed by atoms with E-state index in [4.69, 9.17) is 21.1 Å². The molecule has 2 aliphatic rings.